The number of aromatic carboxylic acids is 1. The quantitative estimate of drug-likeness (QED) is 0.804. The Labute approximate surface area is 130 Å². The van der Waals surface area contributed by atoms with Gasteiger partial charge in [0, 0.05) is 35.7 Å². The van der Waals surface area contributed by atoms with E-state index in [9.17, 15) is 4.79 Å². The molecule has 0 amide bonds. The van der Waals surface area contributed by atoms with Gasteiger partial charge in [-0.3, -0.25) is 9.88 Å². The summed E-state index contributed by atoms with van der Waals surface area (Å²) in [5, 5.41) is 10.1. The Morgan fingerprint density at radius 1 is 1.45 bits per heavy atom. The number of pyridine rings is 1. The lowest BCUT2D eigenvalue weighted by Crippen LogP contribution is -2.28. The van der Waals surface area contributed by atoms with Crippen molar-refractivity contribution in [2.45, 2.75) is 19.5 Å². The van der Waals surface area contributed by atoms with Gasteiger partial charge in [0.2, 0.25) is 0 Å². The first-order valence-corrected chi connectivity index (χ1v) is 7.90. The summed E-state index contributed by atoms with van der Waals surface area (Å²) in [5.41, 5.74) is 2.03. The van der Waals surface area contributed by atoms with E-state index in [0.29, 0.717) is 4.88 Å². The van der Waals surface area contributed by atoms with E-state index in [0.717, 1.165) is 47.7 Å². The van der Waals surface area contributed by atoms with E-state index < -0.39 is 5.97 Å². The van der Waals surface area contributed by atoms with Crippen LogP contribution in [0.15, 0.2) is 35.0 Å². The molecule has 0 bridgehead atoms. The Morgan fingerprint density at radius 2 is 2.36 bits per heavy atom. The fourth-order valence-electron chi connectivity index (χ4n) is 2.85. The maximum absolute atomic E-state index is 11.1. The van der Waals surface area contributed by atoms with Gasteiger partial charge >= 0.3 is 5.97 Å². The van der Waals surface area contributed by atoms with Crippen molar-refractivity contribution in [3.63, 3.8) is 0 Å². The molecule has 3 aromatic heterocycles. The zero-order chi connectivity index (χ0) is 15.1. The van der Waals surface area contributed by atoms with Crippen LogP contribution in [0.2, 0.25) is 0 Å². The third kappa shape index (κ3) is 2.40. The Hall–Kier alpha value is -2.18. The number of aromatic nitrogens is 1. The lowest BCUT2D eigenvalue weighted by Gasteiger charge is -2.25. The largest absolute Gasteiger partial charge is 0.477 e. The van der Waals surface area contributed by atoms with Gasteiger partial charge in [-0.2, -0.15) is 0 Å². The molecule has 4 rings (SSSR count). The summed E-state index contributed by atoms with van der Waals surface area (Å²) < 4.78 is 5.83. The van der Waals surface area contributed by atoms with Crippen LogP contribution in [-0.4, -0.2) is 27.5 Å². The molecule has 0 spiro atoms. The number of rotatable bonds is 3. The Morgan fingerprint density at radius 3 is 3.18 bits per heavy atom. The number of hydrogen-bond donors (Lipinski definition) is 1. The van der Waals surface area contributed by atoms with Gasteiger partial charge in [0.15, 0.2) is 0 Å². The molecule has 0 aromatic carbocycles. The van der Waals surface area contributed by atoms with Crippen molar-refractivity contribution in [1.82, 2.24) is 9.88 Å². The Kier molecular flexibility index (Phi) is 3.20. The van der Waals surface area contributed by atoms with Gasteiger partial charge < -0.3 is 9.52 Å². The fourth-order valence-corrected chi connectivity index (χ4v) is 3.94. The number of furan rings is 1. The van der Waals surface area contributed by atoms with Crippen molar-refractivity contribution in [2.24, 2.45) is 0 Å². The summed E-state index contributed by atoms with van der Waals surface area (Å²) in [7, 11) is 0. The molecule has 1 aliphatic heterocycles. The van der Waals surface area contributed by atoms with Gasteiger partial charge in [0.25, 0.3) is 0 Å². The maximum Gasteiger partial charge on any atom is 0.345 e. The first-order chi connectivity index (χ1) is 10.7. The van der Waals surface area contributed by atoms with E-state index in [2.05, 4.69) is 9.88 Å². The predicted octanol–water partition coefficient (Wildman–Crippen LogP) is 3.15. The van der Waals surface area contributed by atoms with Crippen LogP contribution in [0, 0.1) is 0 Å². The van der Waals surface area contributed by atoms with Crippen LogP contribution in [0.4, 0.5) is 0 Å². The van der Waals surface area contributed by atoms with Crippen LogP contribution in [-0.2, 0) is 19.5 Å². The normalized spacial score (nSPS) is 15.1. The number of carbonyl (C=O) groups is 1. The summed E-state index contributed by atoms with van der Waals surface area (Å²) >= 11 is 1.38. The molecule has 0 saturated heterocycles. The van der Waals surface area contributed by atoms with Crippen molar-refractivity contribution in [2.75, 3.05) is 6.54 Å². The van der Waals surface area contributed by atoms with Crippen molar-refractivity contribution < 1.29 is 14.3 Å². The highest BCUT2D eigenvalue weighted by atomic mass is 32.1. The van der Waals surface area contributed by atoms with Gasteiger partial charge in [0.05, 0.1) is 6.54 Å². The van der Waals surface area contributed by atoms with Crippen molar-refractivity contribution in [1.29, 1.82) is 0 Å². The van der Waals surface area contributed by atoms with E-state index in [1.807, 2.05) is 18.2 Å². The molecule has 0 aliphatic carbocycles. The number of nitrogens with zero attached hydrogens (tertiary/aromatic N) is 2. The molecule has 0 fully saturated rings. The average molecular weight is 314 g/mol. The highest BCUT2D eigenvalue weighted by Crippen LogP contribution is 2.29. The average Bonchev–Trinajstić information content (AvgIpc) is 3.09. The van der Waals surface area contributed by atoms with Crippen LogP contribution < -0.4 is 0 Å². The minimum absolute atomic E-state index is 0.432. The lowest BCUT2D eigenvalue weighted by molar-refractivity contribution is 0.0702. The first-order valence-electron chi connectivity index (χ1n) is 7.09. The third-order valence-electron chi connectivity index (χ3n) is 3.92. The van der Waals surface area contributed by atoms with Gasteiger partial charge in [-0.15, -0.1) is 11.3 Å². The lowest BCUT2D eigenvalue weighted by atomic mass is 10.1. The van der Waals surface area contributed by atoms with Crippen LogP contribution >= 0.6 is 11.3 Å². The molecular weight excluding hydrogens is 300 g/mol. The van der Waals surface area contributed by atoms with E-state index >= 15 is 0 Å². The zero-order valence-electron chi connectivity index (χ0n) is 11.8. The maximum atomic E-state index is 11.1. The highest BCUT2D eigenvalue weighted by Gasteiger charge is 2.22. The van der Waals surface area contributed by atoms with Crippen LogP contribution in [0.3, 0.4) is 0 Å². The molecule has 0 unspecified atom stereocenters. The number of thiophene rings is 1. The van der Waals surface area contributed by atoms with Crippen LogP contribution in [0.25, 0.3) is 11.0 Å². The molecule has 5 nitrogen and oxygen atoms in total. The second-order valence-electron chi connectivity index (χ2n) is 5.45. The molecule has 0 radical (unpaired) electrons. The second kappa shape index (κ2) is 5.23. The summed E-state index contributed by atoms with van der Waals surface area (Å²) in [4.78, 5) is 19.0. The van der Waals surface area contributed by atoms with Crippen molar-refractivity contribution >= 4 is 28.3 Å². The fraction of sp³-hybridized carbons (Fsp3) is 0.250. The SMILES string of the molecule is O=C(O)c1cc2c(s1)CN(Cc1cc3cnccc3o1)CC2. The highest BCUT2D eigenvalue weighted by molar-refractivity contribution is 7.14. The molecule has 1 aliphatic rings. The number of carboxylic acids is 1. The van der Waals surface area contributed by atoms with Gasteiger partial charge in [-0.1, -0.05) is 0 Å². The first kappa shape index (κ1) is 13.5. The standard InChI is InChI=1S/C16H14N2O3S/c19-16(20)14-6-10-2-4-18(9-15(10)22-14)8-12-5-11-7-17-3-1-13(11)21-12/h1,3,5-7H,2,4,8-9H2,(H,19,20). The molecular formula is C16H14N2O3S. The molecule has 112 valence electrons. The molecule has 6 heteroatoms. The third-order valence-corrected chi connectivity index (χ3v) is 5.07. The minimum atomic E-state index is -0.837. The number of hydrogen-bond acceptors (Lipinski definition) is 5. The molecule has 22 heavy (non-hydrogen) atoms. The van der Waals surface area contributed by atoms with Crippen LogP contribution in [0.5, 0.6) is 0 Å². The van der Waals surface area contributed by atoms with E-state index in [1.165, 1.54) is 16.9 Å². The smallest absolute Gasteiger partial charge is 0.345 e. The summed E-state index contributed by atoms with van der Waals surface area (Å²) in [6.45, 7) is 2.43. The Balaban J connectivity index is 1.53. The predicted molar refractivity (Wildman–Crippen MR) is 83.1 cm³/mol. The van der Waals surface area contributed by atoms with Crippen LogP contribution in [0.1, 0.15) is 25.9 Å². The zero-order valence-corrected chi connectivity index (χ0v) is 12.6. The minimum Gasteiger partial charge on any atom is -0.477 e. The summed E-state index contributed by atoms with van der Waals surface area (Å²) in [6.07, 6.45) is 4.41. The van der Waals surface area contributed by atoms with Gasteiger partial charge in [-0.05, 0) is 30.2 Å². The monoisotopic (exact) mass is 314 g/mol. The summed E-state index contributed by atoms with van der Waals surface area (Å²) in [5.74, 6) is 0.0807. The molecule has 0 atom stereocenters. The van der Waals surface area contributed by atoms with E-state index in [-0.39, 0.29) is 0 Å². The van der Waals surface area contributed by atoms with Gasteiger partial charge in [-0.25, -0.2) is 4.79 Å². The summed E-state index contributed by atoms with van der Waals surface area (Å²) in [6, 6.07) is 5.70. The van der Waals surface area contributed by atoms with Crippen molar-refractivity contribution in [3.8, 4) is 0 Å². The second-order valence-corrected chi connectivity index (χ2v) is 6.59. The molecule has 3 aromatic rings. The van der Waals surface area contributed by atoms with Crippen molar-refractivity contribution in [3.05, 3.63) is 51.7 Å². The molecule has 0 saturated carbocycles. The van der Waals surface area contributed by atoms with Gasteiger partial charge in [0.1, 0.15) is 16.2 Å². The number of carboxylic acid groups (broad SMARTS) is 1. The Bertz CT molecular complexity index is 819. The van der Waals surface area contributed by atoms with E-state index in [4.69, 9.17) is 9.52 Å². The van der Waals surface area contributed by atoms with E-state index in [1.54, 1.807) is 12.4 Å². The number of fused-ring (bicyclic) bond motifs is 2. The topological polar surface area (TPSA) is 66.6 Å². The molecule has 4 heterocycles. The molecule has 1 N–H and O–H groups in total.